The summed E-state index contributed by atoms with van der Waals surface area (Å²) >= 11 is 0. The van der Waals surface area contributed by atoms with Gasteiger partial charge in [-0.25, -0.2) is 9.78 Å². The van der Waals surface area contributed by atoms with Gasteiger partial charge in [0.05, 0.1) is 7.11 Å². The first-order valence-electron chi connectivity index (χ1n) is 6.71. The summed E-state index contributed by atoms with van der Waals surface area (Å²) in [7, 11) is -4.65. The molecule has 2 rings (SSSR count). The van der Waals surface area contributed by atoms with Crippen LogP contribution in [0, 0.1) is 0 Å². The molecule has 0 saturated carbocycles. The average molecular weight is 375 g/mol. The predicted molar refractivity (Wildman–Crippen MR) is 83.0 cm³/mol. The maximum Gasteiger partial charge on any atom is 0.534 e. The van der Waals surface area contributed by atoms with Crippen molar-refractivity contribution < 1.29 is 35.3 Å². The lowest BCUT2D eigenvalue weighted by Gasteiger charge is -2.11. The molecule has 0 bridgehead atoms. The molecule has 0 unspecified atom stereocenters. The Labute approximate surface area is 141 Å². The number of alkyl halides is 3. The fourth-order valence-corrected chi connectivity index (χ4v) is 2.36. The van der Waals surface area contributed by atoms with E-state index in [0.717, 1.165) is 6.20 Å². The van der Waals surface area contributed by atoms with E-state index in [1.165, 1.54) is 31.4 Å². The SMILES string of the molecule is COC(=O)/C=C(\C)c1ccc2ccnc(OS(=O)(=O)C(F)(F)F)c2c1. The monoisotopic (exact) mass is 375 g/mol. The van der Waals surface area contributed by atoms with E-state index in [9.17, 15) is 26.4 Å². The number of pyridine rings is 1. The average Bonchev–Trinajstić information content (AvgIpc) is 2.53. The highest BCUT2D eigenvalue weighted by atomic mass is 32.2. The highest BCUT2D eigenvalue weighted by Crippen LogP contribution is 2.31. The molecule has 25 heavy (non-hydrogen) atoms. The number of hydrogen-bond donors (Lipinski definition) is 0. The number of fused-ring (bicyclic) bond motifs is 1. The minimum atomic E-state index is -5.85. The number of nitrogens with zero attached hydrogens (tertiary/aromatic N) is 1. The van der Waals surface area contributed by atoms with Gasteiger partial charge in [-0.2, -0.15) is 21.6 Å². The van der Waals surface area contributed by atoms with Crippen LogP contribution in [0.1, 0.15) is 12.5 Å². The Kier molecular flexibility index (Phi) is 5.02. The summed E-state index contributed by atoms with van der Waals surface area (Å²) in [6.45, 7) is 1.58. The van der Waals surface area contributed by atoms with Crippen LogP contribution in [0.25, 0.3) is 16.3 Å². The Morgan fingerprint density at radius 3 is 2.52 bits per heavy atom. The minimum Gasteiger partial charge on any atom is -0.466 e. The van der Waals surface area contributed by atoms with Crippen LogP contribution < -0.4 is 4.18 Å². The van der Waals surface area contributed by atoms with Gasteiger partial charge in [0, 0.05) is 17.7 Å². The van der Waals surface area contributed by atoms with Crippen molar-refractivity contribution in [1.82, 2.24) is 4.98 Å². The van der Waals surface area contributed by atoms with Crippen molar-refractivity contribution in [2.24, 2.45) is 0 Å². The first-order chi connectivity index (χ1) is 11.5. The normalized spacial score (nSPS) is 12.9. The second-order valence-corrected chi connectivity index (χ2v) is 6.42. The Hall–Kier alpha value is -2.62. The fraction of sp³-hybridized carbons (Fsp3) is 0.200. The third kappa shape index (κ3) is 4.08. The van der Waals surface area contributed by atoms with Crippen molar-refractivity contribution in [2.75, 3.05) is 7.11 Å². The molecule has 2 aromatic rings. The summed E-state index contributed by atoms with van der Waals surface area (Å²) in [4.78, 5) is 14.9. The van der Waals surface area contributed by atoms with Crippen LogP contribution in [0.5, 0.6) is 5.88 Å². The van der Waals surface area contributed by atoms with Gasteiger partial charge < -0.3 is 8.92 Å². The fourth-order valence-electron chi connectivity index (χ4n) is 1.92. The molecular weight excluding hydrogens is 363 g/mol. The Morgan fingerprint density at radius 1 is 1.24 bits per heavy atom. The number of ether oxygens (including phenoxy) is 1. The smallest absolute Gasteiger partial charge is 0.466 e. The van der Waals surface area contributed by atoms with E-state index in [2.05, 4.69) is 13.9 Å². The number of rotatable bonds is 4. The molecule has 0 aliphatic rings. The third-order valence-corrected chi connectivity index (χ3v) is 4.14. The van der Waals surface area contributed by atoms with E-state index in [1.807, 2.05) is 0 Å². The molecule has 0 saturated heterocycles. The minimum absolute atomic E-state index is 0.0467. The van der Waals surface area contributed by atoms with Crippen molar-refractivity contribution in [2.45, 2.75) is 12.4 Å². The summed E-state index contributed by atoms with van der Waals surface area (Å²) in [6, 6.07) is 6.00. The van der Waals surface area contributed by atoms with Gasteiger partial charge in [-0.3, -0.25) is 0 Å². The highest BCUT2D eigenvalue weighted by Gasteiger charge is 2.49. The zero-order valence-corrected chi connectivity index (χ0v) is 13.8. The lowest BCUT2D eigenvalue weighted by atomic mass is 10.0. The molecule has 0 radical (unpaired) electrons. The van der Waals surface area contributed by atoms with Gasteiger partial charge in [0.25, 0.3) is 0 Å². The van der Waals surface area contributed by atoms with E-state index >= 15 is 0 Å². The lowest BCUT2D eigenvalue weighted by Crippen LogP contribution is -2.28. The number of methoxy groups -OCH3 is 1. The summed E-state index contributed by atoms with van der Waals surface area (Å²) in [6.07, 6.45) is 2.31. The maximum absolute atomic E-state index is 12.5. The molecule has 1 aromatic heterocycles. The van der Waals surface area contributed by atoms with Crippen LogP contribution in [0.15, 0.2) is 36.5 Å². The van der Waals surface area contributed by atoms with E-state index in [0.29, 0.717) is 16.5 Å². The van der Waals surface area contributed by atoms with E-state index < -0.39 is 27.5 Å². The topological polar surface area (TPSA) is 82.6 Å². The van der Waals surface area contributed by atoms with Crippen LogP contribution in [0.2, 0.25) is 0 Å². The molecule has 0 aliphatic heterocycles. The van der Waals surface area contributed by atoms with Gasteiger partial charge in [0.15, 0.2) is 0 Å². The van der Waals surface area contributed by atoms with Crippen LogP contribution in [-0.2, 0) is 19.6 Å². The third-order valence-electron chi connectivity index (χ3n) is 3.19. The molecule has 0 N–H and O–H groups in total. The molecule has 0 fully saturated rings. The van der Waals surface area contributed by atoms with Crippen molar-refractivity contribution in [3.63, 3.8) is 0 Å². The molecule has 0 atom stereocenters. The number of aromatic nitrogens is 1. The second-order valence-electron chi connectivity index (χ2n) is 4.89. The number of benzene rings is 1. The molecule has 6 nitrogen and oxygen atoms in total. The summed E-state index contributed by atoms with van der Waals surface area (Å²) in [5.74, 6) is -1.32. The van der Waals surface area contributed by atoms with Gasteiger partial charge in [0.1, 0.15) is 0 Å². The van der Waals surface area contributed by atoms with Gasteiger partial charge in [-0.15, -0.1) is 0 Å². The van der Waals surface area contributed by atoms with E-state index in [4.69, 9.17) is 0 Å². The van der Waals surface area contributed by atoms with Gasteiger partial charge in [-0.05, 0) is 35.6 Å². The van der Waals surface area contributed by atoms with Crippen LogP contribution in [0.4, 0.5) is 13.2 Å². The van der Waals surface area contributed by atoms with E-state index in [1.54, 1.807) is 13.0 Å². The van der Waals surface area contributed by atoms with Crippen molar-refractivity contribution in [1.29, 1.82) is 0 Å². The van der Waals surface area contributed by atoms with Gasteiger partial charge in [0.2, 0.25) is 5.88 Å². The van der Waals surface area contributed by atoms with Gasteiger partial charge >= 0.3 is 21.6 Å². The Bertz CT molecular complexity index is 951. The van der Waals surface area contributed by atoms with Crippen molar-refractivity contribution >= 4 is 32.4 Å². The molecule has 10 heteroatoms. The van der Waals surface area contributed by atoms with Crippen LogP contribution in [-0.4, -0.2) is 32.0 Å². The quantitative estimate of drug-likeness (QED) is 0.354. The molecular formula is C15H12F3NO5S. The largest absolute Gasteiger partial charge is 0.534 e. The Morgan fingerprint density at radius 2 is 1.92 bits per heavy atom. The molecule has 0 aliphatic carbocycles. The molecule has 0 amide bonds. The van der Waals surface area contributed by atoms with Crippen LogP contribution >= 0.6 is 0 Å². The molecule has 1 aromatic carbocycles. The highest BCUT2D eigenvalue weighted by molar-refractivity contribution is 7.88. The maximum atomic E-state index is 12.5. The zero-order chi connectivity index (χ0) is 18.8. The zero-order valence-electron chi connectivity index (χ0n) is 13.0. The number of hydrogen-bond acceptors (Lipinski definition) is 6. The summed E-state index contributed by atoms with van der Waals surface area (Å²) < 4.78 is 68.6. The standard InChI is InChI=1S/C15H12F3NO5S/c1-9(7-13(20)23-2)11-4-3-10-5-6-19-14(12(10)8-11)24-25(21,22)15(16,17)18/h3-8H,1-2H3/b9-7+. The lowest BCUT2D eigenvalue weighted by molar-refractivity contribution is -0.134. The van der Waals surface area contributed by atoms with Crippen molar-refractivity contribution in [3.8, 4) is 5.88 Å². The molecule has 134 valence electrons. The molecule has 1 heterocycles. The molecule has 0 spiro atoms. The first kappa shape index (κ1) is 18.7. The van der Waals surface area contributed by atoms with Crippen molar-refractivity contribution in [3.05, 3.63) is 42.1 Å². The number of halogens is 3. The second kappa shape index (κ2) is 6.71. The summed E-state index contributed by atoms with van der Waals surface area (Å²) in [5.41, 5.74) is -4.66. The first-order valence-corrected chi connectivity index (χ1v) is 8.12. The number of esters is 1. The van der Waals surface area contributed by atoms with E-state index in [-0.39, 0.29) is 5.39 Å². The number of allylic oxidation sites excluding steroid dienone is 1. The number of carbonyl (C=O) groups is 1. The predicted octanol–water partition coefficient (Wildman–Crippen LogP) is 3.04. The van der Waals surface area contributed by atoms with Crippen LogP contribution in [0.3, 0.4) is 0 Å². The van der Waals surface area contributed by atoms with Gasteiger partial charge in [-0.1, -0.05) is 12.1 Å². The number of carbonyl (C=O) groups excluding carboxylic acids is 1. The Balaban J connectivity index is 2.55. The summed E-state index contributed by atoms with van der Waals surface area (Å²) in [5, 5.41) is 0.461.